The van der Waals surface area contributed by atoms with E-state index in [2.05, 4.69) is 10.3 Å². The zero-order valence-electron chi connectivity index (χ0n) is 13.3. The number of oxazole rings is 1. The van der Waals surface area contributed by atoms with Gasteiger partial charge in [-0.25, -0.2) is 18.2 Å². The number of hydrogen-bond donors (Lipinski definition) is 1. The van der Waals surface area contributed by atoms with E-state index in [1.54, 1.807) is 13.2 Å². The predicted molar refractivity (Wildman–Crippen MR) is 89.0 cm³/mol. The van der Waals surface area contributed by atoms with Gasteiger partial charge >= 0.3 is 6.03 Å². The lowest BCUT2D eigenvalue weighted by Gasteiger charge is -2.23. The second-order valence-corrected chi connectivity index (χ2v) is 8.04. The molecule has 7 nitrogen and oxygen atoms in total. The van der Waals surface area contributed by atoms with Gasteiger partial charge in [-0.15, -0.1) is 0 Å². The van der Waals surface area contributed by atoms with E-state index in [4.69, 9.17) is 4.42 Å². The summed E-state index contributed by atoms with van der Waals surface area (Å²) in [5.41, 5.74) is 0.913. The van der Waals surface area contributed by atoms with Crippen LogP contribution in [0.25, 0.3) is 11.3 Å². The summed E-state index contributed by atoms with van der Waals surface area (Å²) in [5.74, 6) is 1.19. The fourth-order valence-corrected chi connectivity index (χ4v) is 4.42. The Kier molecular flexibility index (Phi) is 4.57. The Morgan fingerprint density at radius 3 is 2.79 bits per heavy atom. The highest BCUT2D eigenvalue weighted by atomic mass is 32.2. The number of aromatic nitrogens is 1. The Morgan fingerprint density at radius 1 is 1.38 bits per heavy atom. The Bertz CT molecular complexity index is 817. The van der Waals surface area contributed by atoms with Crippen LogP contribution >= 0.6 is 0 Å². The summed E-state index contributed by atoms with van der Waals surface area (Å²) in [6.07, 6.45) is 2.09. The number of amides is 2. The van der Waals surface area contributed by atoms with Gasteiger partial charge < -0.3 is 14.6 Å². The molecular formula is C16H19N3O4S. The molecule has 2 aromatic rings. The minimum atomic E-state index is -3.02. The number of carbonyl (C=O) groups excluding carboxylic acids is 1. The summed E-state index contributed by atoms with van der Waals surface area (Å²) in [4.78, 5) is 17.7. The van der Waals surface area contributed by atoms with Crippen LogP contribution in [0, 0.1) is 0 Å². The third-order valence-corrected chi connectivity index (χ3v) is 5.83. The van der Waals surface area contributed by atoms with E-state index in [0.717, 1.165) is 5.56 Å². The van der Waals surface area contributed by atoms with Gasteiger partial charge in [-0.2, -0.15) is 0 Å². The van der Waals surface area contributed by atoms with Crippen LogP contribution in [-0.4, -0.2) is 48.9 Å². The van der Waals surface area contributed by atoms with Crippen molar-refractivity contribution in [2.75, 3.05) is 18.6 Å². The smallest absolute Gasteiger partial charge is 0.317 e. The number of rotatable bonds is 4. The van der Waals surface area contributed by atoms with Crippen LogP contribution in [-0.2, 0) is 16.4 Å². The zero-order valence-corrected chi connectivity index (χ0v) is 14.1. The summed E-state index contributed by atoms with van der Waals surface area (Å²) in [6.45, 7) is 0.148. The van der Waals surface area contributed by atoms with Gasteiger partial charge in [0.1, 0.15) is 0 Å². The molecule has 0 radical (unpaired) electrons. The summed E-state index contributed by atoms with van der Waals surface area (Å²) < 4.78 is 28.6. The molecule has 2 amide bonds. The minimum Gasteiger partial charge on any atom is -0.439 e. The molecule has 0 aliphatic carbocycles. The molecule has 1 fully saturated rings. The second-order valence-electron chi connectivity index (χ2n) is 5.81. The van der Waals surface area contributed by atoms with Crippen LogP contribution in [0.1, 0.15) is 12.3 Å². The number of benzene rings is 1. The summed E-state index contributed by atoms with van der Waals surface area (Å²) in [7, 11) is -1.42. The molecule has 0 saturated carbocycles. The summed E-state index contributed by atoms with van der Waals surface area (Å²) >= 11 is 0. The molecule has 1 saturated heterocycles. The maximum absolute atomic E-state index is 12.1. The monoisotopic (exact) mass is 349 g/mol. The average Bonchev–Trinajstić information content (AvgIpc) is 3.19. The van der Waals surface area contributed by atoms with Gasteiger partial charge in [-0.05, 0) is 6.42 Å². The normalized spacial score (nSPS) is 19.1. The Morgan fingerprint density at radius 2 is 2.12 bits per heavy atom. The van der Waals surface area contributed by atoms with Crippen molar-refractivity contribution in [2.24, 2.45) is 0 Å². The lowest BCUT2D eigenvalue weighted by Crippen LogP contribution is -2.43. The van der Waals surface area contributed by atoms with Gasteiger partial charge in [-0.3, -0.25) is 0 Å². The first-order chi connectivity index (χ1) is 11.4. The molecule has 1 aromatic heterocycles. The highest BCUT2D eigenvalue weighted by molar-refractivity contribution is 7.91. The zero-order chi connectivity index (χ0) is 17.2. The van der Waals surface area contributed by atoms with Crippen LogP contribution in [0.15, 0.2) is 40.9 Å². The summed E-state index contributed by atoms with van der Waals surface area (Å²) in [6, 6.07) is 8.94. The number of carbonyl (C=O) groups is 1. The molecule has 1 aliphatic heterocycles. The SMILES string of the molecule is CN(C(=O)NCc1ncc(-c2ccccc2)o1)C1CCS(=O)(=O)C1. The molecule has 128 valence electrons. The quantitative estimate of drug-likeness (QED) is 0.906. The third kappa shape index (κ3) is 3.76. The average molecular weight is 349 g/mol. The van der Waals surface area contributed by atoms with Crippen LogP contribution in [0.5, 0.6) is 0 Å². The van der Waals surface area contributed by atoms with E-state index in [-0.39, 0.29) is 30.1 Å². The van der Waals surface area contributed by atoms with Crippen LogP contribution in [0.2, 0.25) is 0 Å². The van der Waals surface area contributed by atoms with E-state index >= 15 is 0 Å². The maximum atomic E-state index is 12.1. The van der Waals surface area contributed by atoms with Gasteiger partial charge in [0.05, 0.1) is 24.2 Å². The summed E-state index contributed by atoms with van der Waals surface area (Å²) in [5, 5.41) is 2.70. The molecule has 1 unspecified atom stereocenters. The van der Waals surface area contributed by atoms with E-state index in [0.29, 0.717) is 18.1 Å². The van der Waals surface area contributed by atoms with Crippen molar-refractivity contribution in [2.45, 2.75) is 19.0 Å². The van der Waals surface area contributed by atoms with Crippen molar-refractivity contribution in [3.05, 3.63) is 42.4 Å². The van der Waals surface area contributed by atoms with Crippen molar-refractivity contribution in [1.82, 2.24) is 15.2 Å². The molecule has 1 N–H and O–H groups in total. The fraction of sp³-hybridized carbons (Fsp3) is 0.375. The molecule has 1 atom stereocenters. The van der Waals surface area contributed by atoms with Gasteiger partial charge in [0, 0.05) is 18.7 Å². The lowest BCUT2D eigenvalue weighted by molar-refractivity contribution is 0.193. The van der Waals surface area contributed by atoms with Crippen molar-refractivity contribution in [3.8, 4) is 11.3 Å². The number of sulfone groups is 1. The second kappa shape index (κ2) is 6.64. The van der Waals surface area contributed by atoms with E-state index in [1.165, 1.54) is 4.90 Å². The van der Waals surface area contributed by atoms with E-state index in [1.807, 2.05) is 30.3 Å². The molecule has 0 spiro atoms. The van der Waals surface area contributed by atoms with E-state index < -0.39 is 9.84 Å². The van der Waals surface area contributed by atoms with Gasteiger partial charge in [0.2, 0.25) is 5.89 Å². The van der Waals surface area contributed by atoms with Crippen LogP contribution < -0.4 is 5.32 Å². The maximum Gasteiger partial charge on any atom is 0.317 e. The van der Waals surface area contributed by atoms with Gasteiger partial charge in [-0.1, -0.05) is 30.3 Å². The standard InChI is InChI=1S/C16H19N3O4S/c1-19(13-7-8-24(21,22)11-13)16(20)18-10-15-17-9-14(23-15)12-5-3-2-4-6-12/h2-6,9,13H,7-8,10-11H2,1H3,(H,18,20). The molecular weight excluding hydrogens is 330 g/mol. The molecule has 8 heteroatoms. The third-order valence-electron chi connectivity index (χ3n) is 4.08. The van der Waals surface area contributed by atoms with E-state index in [9.17, 15) is 13.2 Å². The van der Waals surface area contributed by atoms with Crippen molar-refractivity contribution < 1.29 is 17.6 Å². The van der Waals surface area contributed by atoms with Gasteiger partial charge in [0.25, 0.3) is 0 Å². The first-order valence-electron chi connectivity index (χ1n) is 7.66. The minimum absolute atomic E-state index is 0.0219. The fourth-order valence-electron chi connectivity index (χ4n) is 2.65. The first-order valence-corrected chi connectivity index (χ1v) is 9.48. The van der Waals surface area contributed by atoms with Crippen LogP contribution in [0.3, 0.4) is 0 Å². The molecule has 2 heterocycles. The highest BCUT2D eigenvalue weighted by Crippen LogP contribution is 2.20. The molecule has 1 aliphatic rings. The van der Waals surface area contributed by atoms with Crippen molar-refractivity contribution >= 4 is 15.9 Å². The first kappa shape index (κ1) is 16.5. The van der Waals surface area contributed by atoms with Crippen molar-refractivity contribution in [1.29, 1.82) is 0 Å². The Hall–Kier alpha value is -2.35. The van der Waals surface area contributed by atoms with Crippen LogP contribution in [0.4, 0.5) is 4.79 Å². The number of nitrogens with zero attached hydrogens (tertiary/aromatic N) is 2. The number of nitrogens with one attached hydrogen (secondary N) is 1. The molecule has 1 aromatic carbocycles. The Labute approximate surface area is 140 Å². The largest absolute Gasteiger partial charge is 0.439 e. The van der Waals surface area contributed by atoms with Gasteiger partial charge in [0.15, 0.2) is 15.6 Å². The topological polar surface area (TPSA) is 92.5 Å². The Balaban J connectivity index is 1.56. The number of urea groups is 1. The highest BCUT2D eigenvalue weighted by Gasteiger charge is 2.32. The molecule has 0 bridgehead atoms. The van der Waals surface area contributed by atoms with Crippen molar-refractivity contribution in [3.63, 3.8) is 0 Å². The molecule has 24 heavy (non-hydrogen) atoms. The number of hydrogen-bond acceptors (Lipinski definition) is 5. The molecule has 3 rings (SSSR count). The predicted octanol–water partition coefficient (Wildman–Crippen LogP) is 1.67. The lowest BCUT2D eigenvalue weighted by atomic mass is 10.2.